The Bertz CT molecular complexity index is 762. The number of pyridine rings is 1. The maximum Gasteiger partial charge on any atom is 0.256 e. The minimum atomic E-state index is 0.00806. The molecule has 2 nitrogen and oxygen atoms in total. The quantitative estimate of drug-likeness (QED) is 0.864. The van der Waals surface area contributed by atoms with E-state index in [1.54, 1.807) is 0 Å². The number of rotatable bonds is 2. The van der Waals surface area contributed by atoms with Gasteiger partial charge in [-0.15, -0.1) is 0 Å². The first-order chi connectivity index (χ1) is 9.26. The highest BCUT2D eigenvalue weighted by Gasteiger charge is 2.22. The summed E-state index contributed by atoms with van der Waals surface area (Å²) < 4.78 is 0. The molecule has 2 aromatic rings. The van der Waals surface area contributed by atoms with Gasteiger partial charge in [-0.2, -0.15) is 0 Å². The van der Waals surface area contributed by atoms with Crippen LogP contribution in [0, 0.1) is 0 Å². The van der Waals surface area contributed by atoms with Crippen molar-refractivity contribution >= 4 is 16.3 Å². The van der Waals surface area contributed by atoms with Gasteiger partial charge in [-0.05, 0) is 42.4 Å². The summed E-state index contributed by atoms with van der Waals surface area (Å²) in [5, 5.41) is 1.88. The van der Waals surface area contributed by atoms with E-state index in [4.69, 9.17) is 0 Å². The molecule has 0 saturated heterocycles. The zero-order valence-corrected chi connectivity index (χ0v) is 11.3. The third kappa shape index (κ3) is 1.75. The number of allylic oxidation sites excluding steroid dienone is 4. The number of H-pyrrole nitrogens is 1. The lowest BCUT2D eigenvalue weighted by Crippen LogP contribution is -2.10. The van der Waals surface area contributed by atoms with E-state index in [1.807, 2.05) is 31.2 Å². The largest absolute Gasteiger partial charge is 0.321 e. The van der Waals surface area contributed by atoms with Crippen LogP contribution >= 0.6 is 0 Å². The van der Waals surface area contributed by atoms with E-state index in [0.717, 1.165) is 29.3 Å². The first-order valence-corrected chi connectivity index (χ1v) is 6.75. The minimum Gasteiger partial charge on any atom is -0.321 e. The number of benzene rings is 1. The summed E-state index contributed by atoms with van der Waals surface area (Å²) in [5.41, 5.74) is 4.88. The molecule has 1 heterocycles. The molecule has 1 aliphatic rings. The molecule has 96 valence electrons. The summed E-state index contributed by atoms with van der Waals surface area (Å²) in [4.78, 5) is 15.2. The van der Waals surface area contributed by atoms with Crippen molar-refractivity contribution in [1.29, 1.82) is 0 Å². The Morgan fingerprint density at radius 1 is 1.26 bits per heavy atom. The summed E-state index contributed by atoms with van der Waals surface area (Å²) in [5.74, 6) is 0. The van der Waals surface area contributed by atoms with Crippen molar-refractivity contribution in [2.45, 2.75) is 26.7 Å². The van der Waals surface area contributed by atoms with Gasteiger partial charge < -0.3 is 4.98 Å². The molecule has 3 rings (SSSR count). The first-order valence-electron chi connectivity index (χ1n) is 6.75. The number of aromatic nitrogens is 1. The molecule has 0 bridgehead atoms. The van der Waals surface area contributed by atoms with Gasteiger partial charge in [0.25, 0.3) is 5.56 Å². The van der Waals surface area contributed by atoms with Crippen LogP contribution in [-0.4, -0.2) is 4.98 Å². The fourth-order valence-electron chi connectivity index (χ4n) is 2.92. The van der Waals surface area contributed by atoms with Gasteiger partial charge >= 0.3 is 0 Å². The molecule has 1 aromatic heterocycles. The second-order valence-electron chi connectivity index (χ2n) is 4.90. The molecule has 1 aliphatic carbocycles. The Morgan fingerprint density at radius 3 is 2.68 bits per heavy atom. The lowest BCUT2D eigenvalue weighted by atomic mass is 10.0. The van der Waals surface area contributed by atoms with Gasteiger partial charge in [0, 0.05) is 5.39 Å². The van der Waals surface area contributed by atoms with Crippen LogP contribution in [0.25, 0.3) is 16.3 Å². The predicted octanol–water partition coefficient (Wildman–Crippen LogP) is 3.82. The van der Waals surface area contributed by atoms with Crippen LogP contribution in [0.1, 0.15) is 31.5 Å². The average Bonchev–Trinajstić information content (AvgIpc) is 2.78. The van der Waals surface area contributed by atoms with E-state index in [0.29, 0.717) is 0 Å². The molecule has 0 radical (unpaired) electrons. The first kappa shape index (κ1) is 12.0. The molecule has 0 spiro atoms. The van der Waals surface area contributed by atoms with Gasteiger partial charge in [0.1, 0.15) is 0 Å². The molecule has 0 saturated carbocycles. The number of hydrogen-bond acceptors (Lipinski definition) is 1. The van der Waals surface area contributed by atoms with E-state index < -0.39 is 0 Å². The number of nitrogens with one attached hydrogen (secondary N) is 1. The van der Waals surface area contributed by atoms with Crippen molar-refractivity contribution in [3.63, 3.8) is 0 Å². The molecule has 0 unspecified atom stereocenters. The number of hydrogen-bond donors (Lipinski definition) is 1. The Labute approximate surface area is 112 Å². The van der Waals surface area contributed by atoms with Crippen LogP contribution in [0.5, 0.6) is 0 Å². The predicted molar refractivity (Wildman–Crippen MR) is 80.3 cm³/mol. The summed E-state index contributed by atoms with van der Waals surface area (Å²) in [7, 11) is 0. The van der Waals surface area contributed by atoms with Crippen LogP contribution in [0.2, 0.25) is 0 Å². The highest BCUT2D eigenvalue weighted by molar-refractivity contribution is 5.93. The van der Waals surface area contributed by atoms with Crippen molar-refractivity contribution in [1.82, 2.24) is 4.98 Å². The van der Waals surface area contributed by atoms with Gasteiger partial charge in [0.2, 0.25) is 0 Å². The minimum absolute atomic E-state index is 0.00806. The molecular formula is C17H17NO. The Balaban J connectivity index is 2.35. The van der Waals surface area contributed by atoms with Gasteiger partial charge in [0.05, 0.1) is 5.69 Å². The topological polar surface area (TPSA) is 32.9 Å². The highest BCUT2D eigenvalue weighted by atomic mass is 16.1. The smallest absolute Gasteiger partial charge is 0.256 e. The van der Waals surface area contributed by atoms with Crippen LogP contribution in [0.3, 0.4) is 0 Å². The second kappa shape index (κ2) is 4.54. The normalized spacial score (nSPS) is 14.6. The van der Waals surface area contributed by atoms with E-state index in [9.17, 15) is 4.79 Å². The lowest BCUT2D eigenvalue weighted by Gasteiger charge is -2.06. The maximum atomic E-state index is 12.2. The molecule has 1 N–H and O–H groups in total. The van der Waals surface area contributed by atoms with E-state index in [1.165, 1.54) is 16.7 Å². The van der Waals surface area contributed by atoms with Crippen LogP contribution in [-0.2, 0) is 6.42 Å². The molecule has 2 heteroatoms. The van der Waals surface area contributed by atoms with Crippen molar-refractivity contribution < 1.29 is 0 Å². The monoisotopic (exact) mass is 251 g/mol. The molecule has 19 heavy (non-hydrogen) atoms. The third-order valence-corrected chi connectivity index (χ3v) is 3.84. The Kier molecular flexibility index (Phi) is 2.86. The molecule has 0 amide bonds. The lowest BCUT2D eigenvalue weighted by molar-refractivity contribution is 1.04. The van der Waals surface area contributed by atoms with Crippen LogP contribution in [0.4, 0.5) is 0 Å². The third-order valence-electron chi connectivity index (χ3n) is 3.84. The second-order valence-corrected chi connectivity index (χ2v) is 4.90. The van der Waals surface area contributed by atoms with Crippen molar-refractivity contribution in [3.8, 4) is 0 Å². The van der Waals surface area contributed by atoms with Gasteiger partial charge in [0.15, 0.2) is 0 Å². The molecule has 0 aliphatic heterocycles. The van der Waals surface area contributed by atoms with E-state index in [2.05, 4.69) is 24.1 Å². The van der Waals surface area contributed by atoms with E-state index >= 15 is 0 Å². The summed E-state index contributed by atoms with van der Waals surface area (Å²) in [6, 6.07) is 7.87. The maximum absolute atomic E-state index is 12.2. The summed E-state index contributed by atoms with van der Waals surface area (Å²) >= 11 is 0. The summed E-state index contributed by atoms with van der Waals surface area (Å²) in [6.45, 7) is 4.18. The van der Waals surface area contributed by atoms with Crippen molar-refractivity contribution in [2.75, 3.05) is 0 Å². The fraction of sp³-hybridized carbons (Fsp3) is 0.235. The zero-order valence-electron chi connectivity index (χ0n) is 11.3. The van der Waals surface area contributed by atoms with Crippen LogP contribution in [0.15, 0.2) is 46.8 Å². The standard InChI is InChI=1S/C17H17NO/c1-3-7-12-11(4-2)10-15-13-8-5-6-9-14(13)17(19)18-16(12)15/h3,5-9H,4,10H2,1-2H3,(H,18,19)/b7-3-. The Hall–Kier alpha value is -2.09. The summed E-state index contributed by atoms with van der Waals surface area (Å²) in [6.07, 6.45) is 6.11. The molecule has 1 aromatic carbocycles. The zero-order chi connectivity index (χ0) is 13.4. The van der Waals surface area contributed by atoms with Crippen LogP contribution < -0.4 is 5.56 Å². The van der Waals surface area contributed by atoms with Gasteiger partial charge in [-0.1, -0.05) is 42.8 Å². The average molecular weight is 251 g/mol. The van der Waals surface area contributed by atoms with E-state index in [-0.39, 0.29) is 5.56 Å². The molecular weight excluding hydrogens is 234 g/mol. The Morgan fingerprint density at radius 2 is 2.00 bits per heavy atom. The number of fused-ring (bicyclic) bond motifs is 3. The highest BCUT2D eigenvalue weighted by Crippen LogP contribution is 2.36. The fourth-order valence-corrected chi connectivity index (χ4v) is 2.92. The molecule has 0 fully saturated rings. The molecule has 0 atom stereocenters. The van der Waals surface area contributed by atoms with Crippen molar-refractivity contribution in [2.24, 2.45) is 0 Å². The van der Waals surface area contributed by atoms with Crippen molar-refractivity contribution in [3.05, 3.63) is 63.6 Å². The SMILES string of the molecule is C/C=C\C1=C(CC)Cc2c1[nH]c(=O)c1ccccc21. The number of aromatic amines is 1. The van der Waals surface area contributed by atoms with Gasteiger partial charge in [-0.25, -0.2) is 0 Å². The van der Waals surface area contributed by atoms with Gasteiger partial charge in [-0.3, -0.25) is 4.79 Å².